The van der Waals surface area contributed by atoms with Gasteiger partial charge < -0.3 is 18.6 Å². The molecule has 7 heteroatoms. The molecule has 0 aliphatic rings. The van der Waals surface area contributed by atoms with Crippen molar-refractivity contribution in [3.63, 3.8) is 0 Å². The Hall–Kier alpha value is -4.13. The average Bonchev–Trinajstić information content (AvgIpc) is 2.80. The topological polar surface area (TPSA) is 92.0 Å². The van der Waals surface area contributed by atoms with E-state index in [9.17, 15) is 14.4 Å². The minimum atomic E-state index is -0.816. The molecule has 0 bridgehead atoms. The van der Waals surface area contributed by atoms with Gasteiger partial charge >= 0.3 is 17.6 Å². The van der Waals surface area contributed by atoms with Crippen molar-refractivity contribution in [3.05, 3.63) is 87.8 Å². The summed E-state index contributed by atoms with van der Waals surface area (Å²) in [6.45, 7) is 7.44. The predicted octanol–water partition coefficient (Wildman–Crippen LogP) is 6.01. The minimum absolute atomic E-state index is 0.0601. The third-order valence-corrected chi connectivity index (χ3v) is 5.01. The molecule has 1 heterocycles. The van der Waals surface area contributed by atoms with Crippen molar-refractivity contribution in [1.82, 2.24) is 0 Å². The van der Waals surface area contributed by atoms with Crippen LogP contribution in [-0.4, -0.2) is 18.5 Å². The maximum atomic E-state index is 12.8. The summed E-state index contributed by atoms with van der Waals surface area (Å²) in [5, 5.41) is 0.323. The van der Waals surface area contributed by atoms with E-state index in [2.05, 4.69) is 19.9 Å². The molecule has 35 heavy (non-hydrogen) atoms. The molecular formula is C28H28O7. The Morgan fingerprint density at radius 3 is 2.34 bits per heavy atom. The van der Waals surface area contributed by atoms with Crippen LogP contribution in [0.1, 0.15) is 50.9 Å². The zero-order chi connectivity index (χ0) is 25.4. The molecule has 0 aliphatic heterocycles. The molecule has 0 unspecified atom stereocenters. The molecule has 2 aromatic carbocycles. The monoisotopic (exact) mass is 476 g/mol. The van der Waals surface area contributed by atoms with Crippen LogP contribution in [0.15, 0.2) is 81.0 Å². The molecule has 7 nitrogen and oxygen atoms in total. The fourth-order valence-corrected chi connectivity index (χ4v) is 3.27. The Morgan fingerprint density at radius 1 is 0.914 bits per heavy atom. The van der Waals surface area contributed by atoms with E-state index in [0.717, 1.165) is 18.4 Å². The van der Waals surface area contributed by atoms with Gasteiger partial charge in [0.15, 0.2) is 5.75 Å². The van der Waals surface area contributed by atoms with Crippen molar-refractivity contribution in [3.8, 4) is 17.2 Å². The third-order valence-electron chi connectivity index (χ3n) is 5.01. The number of carbonyl (C=O) groups excluding carboxylic acids is 2. The summed E-state index contributed by atoms with van der Waals surface area (Å²) in [7, 11) is 0. The van der Waals surface area contributed by atoms with E-state index in [1.807, 2.05) is 13.0 Å². The SMILES string of the molecule is CC(=O)Oc1ccc2c(OC(=O)c3ccccc3)c(OCC=C(C)CCC=C(C)C)c(=O)oc2c1. The molecule has 0 saturated carbocycles. The fraction of sp³-hybridized carbons (Fsp3) is 0.250. The Morgan fingerprint density at radius 2 is 1.66 bits per heavy atom. The summed E-state index contributed by atoms with van der Waals surface area (Å²) >= 11 is 0. The van der Waals surface area contributed by atoms with Gasteiger partial charge in [-0.15, -0.1) is 0 Å². The van der Waals surface area contributed by atoms with E-state index < -0.39 is 17.6 Å². The molecule has 3 rings (SSSR count). The van der Waals surface area contributed by atoms with Crippen molar-refractivity contribution >= 4 is 22.9 Å². The Balaban J connectivity index is 1.95. The van der Waals surface area contributed by atoms with Gasteiger partial charge in [0.25, 0.3) is 0 Å². The summed E-state index contributed by atoms with van der Waals surface area (Å²) in [6, 6.07) is 12.8. The van der Waals surface area contributed by atoms with Crippen LogP contribution in [0, 0.1) is 0 Å². The van der Waals surface area contributed by atoms with Crippen molar-refractivity contribution in [2.45, 2.75) is 40.5 Å². The highest BCUT2D eigenvalue weighted by Crippen LogP contribution is 2.35. The Bertz CT molecular complexity index is 1330. The lowest BCUT2D eigenvalue weighted by Gasteiger charge is -2.13. The largest absolute Gasteiger partial charge is 0.480 e. The van der Waals surface area contributed by atoms with E-state index >= 15 is 0 Å². The number of allylic oxidation sites excluding steroid dienone is 3. The normalized spacial score (nSPS) is 11.1. The lowest BCUT2D eigenvalue weighted by atomic mass is 10.1. The number of rotatable bonds is 9. The van der Waals surface area contributed by atoms with Crippen LogP contribution < -0.4 is 19.8 Å². The summed E-state index contributed by atoms with van der Waals surface area (Å²) in [6.07, 6.45) is 5.79. The maximum absolute atomic E-state index is 12.8. The number of esters is 2. The fourth-order valence-electron chi connectivity index (χ4n) is 3.27. The van der Waals surface area contributed by atoms with Crippen LogP contribution in [-0.2, 0) is 4.79 Å². The third kappa shape index (κ3) is 7.17. The standard InChI is InChI=1S/C28H28O7/c1-18(2)9-8-10-19(3)15-16-32-26-25(35-27(30)21-11-6-5-7-12-21)23-14-13-22(33-20(4)29)17-24(23)34-28(26)31/h5-7,9,11-15,17H,8,10,16H2,1-4H3. The van der Waals surface area contributed by atoms with Crippen LogP contribution in [0.25, 0.3) is 11.0 Å². The molecule has 0 fully saturated rings. The molecule has 1 aromatic heterocycles. The minimum Gasteiger partial charge on any atom is -0.480 e. The van der Waals surface area contributed by atoms with Gasteiger partial charge in [-0.05, 0) is 64.0 Å². The summed E-state index contributed by atoms with van der Waals surface area (Å²) < 4.78 is 21.8. The summed E-state index contributed by atoms with van der Waals surface area (Å²) in [4.78, 5) is 36.9. The first-order chi connectivity index (χ1) is 16.7. The molecule has 3 aromatic rings. The van der Waals surface area contributed by atoms with Crippen LogP contribution in [0.5, 0.6) is 17.2 Å². The predicted molar refractivity (Wildman–Crippen MR) is 133 cm³/mol. The van der Waals surface area contributed by atoms with Crippen molar-refractivity contribution < 1.29 is 28.2 Å². The van der Waals surface area contributed by atoms with E-state index in [-0.39, 0.29) is 29.4 Å². The molecule has 0 saturated heterocycles. The summed E-state index contributed by atoms with van der Waals surface area (Å²) in [5.41, 5.74) is 1.94. The maximum Gasteiger partial charge on any atom is 0.383 e. The van der Waals surface area contributed by atoms with Gasteiger partial charge in [0.05, 0.1) is 10.9 Å². The highest BCUT2D eigenvalue weighted by atomic mass is 16.6. The van der Waals surface area contributed by atoms with Crippen molar-refractivity contribution in [2.24, 2.45) is 0 Å². The van der Waals surface area contributed by atoms with Gasteiger partial charge in [-0.2, -0.15) is 0 Å². The highest BCUT2D eigenvalue weighted by molar-refractivity contribution is 5.95. The number of hydrogen-bond acceptors (Lipinski definition) is 7. The van der Waals surface area contributed by atoms with Crippen LogP contribution >= 0.6 is 0 Å². The van der Waals surface area contributed by atoms with Gasteiger partial charge in [-0.3, -0.25) is 4.79 Å². The van der Waals surface area contributed by atoms with Gasteiger partial charge in [-0.1, -0.05) is 35.4 Å². The van der Waals surface area contributed by atoms with Crippen molar-refractivity contribution in [1.29, 1.82) is 0 Å². The number of hydrogen-bond donors (Lipinski definition) is 0. The van der Waals surface area contributed by atoms with E-state index in [0.29, 0.717) is 10.9 Å². The van der Waals surface area contributed by atoms with Gasteiger partial charge in [0.1, 0.15) is 17.9 Å². The zero-order valence-corrected chi connectivity index (χ0v) is 20.3. The number of carbonyl (C=O) groups is 2. The molecule has 182 valence electrons. The number of ether oxygens (including phenoxy) is 3. The second kappa shape index (κ2) is 11.8. The lowest BCUT2D eigenvalue weighted by Crippen LogP contribution is -2.14. The van der Waals surface area contributed by atoms with Gasteiger partial charge in [-0.25, -0.2) is 9.59 Å². The van der Waals surface area contributed by atoms with E-state index in [1.54, 1.807) is 30.3 Å². The zero-order valence-electron chi connectivity index (χ0n) is 20.3. The van der Waals surface area contributed by atoms with Crippen LogP contribution in [0.3, 0.4) is 0 Å². The van der Waals surface area contributed by atoms with Crippen molar-refractivity contribution in [2.75, 3.05) is 6.61 Å². The second-order valence-electron chi connectivity index (χ2n) is 8.24. The lowest BCUT2D eigenvalue weighted by molar-refractivity contribution is -0.131. The molecular weight excluding hydrogens is 448 g/mol. The molecule has 0 N–H and O–H groups in total. The molecule has 0 radical (unpaired) electrons. The first-order valence-electron chi connectivity index (χ1n) is 11.2. The van der Waals surface area contributed by atoms with E-state index in [4.69, 9.17) is 18.6 Å². The number of benzene rings is 2. The number of fused-ring (bicyclic) bond motifs is 1. The summed E-state index contributed by atoms with van der Waals surface area (Å²) in [5.74, 6) is -1.25. The molecule has 0 aliphatic carbocycles. The molecule has 0 atom stereocenters. The smallest absolute Gasteiger partial charge is 0.383 e. The highest BCUT2D eigenvalue weighted by Gasteiger charge is 2.22. The van der Waals surface area contributed by atoms with Gasteiger partial charge in [0, 0.05) is 13.0 Å². The second-order valence-corrected chi connectivity index (χ2v) is 8.24. The molecule has 0 amide bonds. The van der Waals surface area contributed by atoms with Gasteiger partial charge in [0.2, 0.25) is 5.75 Å². The van der Waals surface area contributed by atoms with E-state index in [1.165, 1.54) is 30.7 Å². The quantitative estimate of drug-likeness (QED) is 0.162. The first kappa shape index (κ1) is 25.5. The molecule has 0 spiro atoms. The van der Waals surface area contributed by atoms with Crippen LogP contribution in [0.4, 0.5) is 0 Å². The van der Waals surface area contributed by atoms with Crippen LogP contribution in [0.2, 0.25) is 0 Å². The average molecular weight is 477 g/mol. The first-order valence-corrected chi connectivity index (χ1v) is 11.2. The Kier molecular flexibility index (Phi) is 8.62. The Labute approximate surface area is 203 Å².